The number of rotatable bonds is 8. The molecule has 0 spiro atoms. The fraction of sp³-hybridized carbons (Fsp3) is 0.125. The van der Waals surface area contributed by atoms with Gasteiger partial charge < -0.3 is 14.2 Å². The number of methoxy groups -OCH3 is 2. The minimum absolute atomic E-state index is 0.156. The summed E-state index contributed by atoms with van der Waals surface area (Å²) in [5.41, 5.74) is 4.75. The van der Waals surface area contributed by atoms with E-state index in [0.717, 1.165) is 9.13 Å². The highest BCUT2D eigenvalue weighted by atomic mass is 127. The highest BCUT2D eigenvalue weighted by molar-refractivity contribution is 14.1. The molecule has 0 atom stereocenters. The molecule has 0 aliphatic carbocycles. The van der Waals surface area contributed by atoms with Gasteiger partial charge in [0.2, 0.25) is 0 Å². The molecule has 3 rings (SSSR count). The van der Waals surface area contributed by atoms with Gasteiger partial charge >= 0.3 is 0 Å². The topological polar surface area (TPSA) is 92.9 Å². The van der Waals surface area contributed by atoms with Crippen molar-refractivity contribution < 1.29 is 19.0 Å². The summed E-state index contributed by atoms with van der Waals surface area (Å²) in [4.78, 5) is 12.4. The van der Waals surface area contributed by atoms with E-state index in [4.69, 9.17) is 25.8 Å². The van der Waals surface area contributed by atoms with Gasteiger partial charge in [-0.2, -0.15) is 10.4 Å². The molecule has 0 heterocycles. The first-order valence-electron chi connectivity index (χ1n) is 9.62. The van der Waals surface area contributed by atoms with Gasteiger partial charge in [-0.15, -0.1) is 0 Å². The molecule has 0 aliphatic heterocycles. The molecule has 0 radical (unpaired) electrons. The summed E-state index contributed by atoms with van der Waals surface area (Å²) in [6.45, 7) is 0.156. The summed E-state index contributed by atoms with van der Waals surface area (Å²) in [7, 11) is 3.04. The van der Waals surface area contributed by atoms with E-state index in [1.165, 1.54) is 13.3 Å². The Bertz CT molecular complexity index is 1240. The van der Waals surface area contributed by atoms with E-state index in [9.17, 15) is 10.1 Å². The van der Waals surface area contributed by atoms with Crippen molar-refractivity contribution in [3.8, 4) is 23.3 Å². The number of nitrogens with one attached hydrogen (secondary N) is 1. The van der Waals surface area contributed by atoms with Crippen LogP contribution in [0.3, 0.4) is 0 Å². The minimum atomic E-state index is -0.380. The predicted molar refractivity (Wildman–Crippen MR) is 134 cm³/mol. The van der Waals surface area contributed by atoms with E-state index in [-0.39, 0.29) is 12.5 Å². The molecule has 3 aromatic rings. The highest BCUT2D eigenvalue weighted by Gasteiger charge is 2.13. The van der Waals surface area contributed by atoms with Gasteiger partial charge in [0.25, 0.3) is 5.91 Å². The zero-order valence-corrected chi connectivity index (χ0v) is 20.7. The molecule has 0 fully saturated rings. The van der Waals surface area contributed by atoms with E-state index in [2.05, 4.69) is 39.2 Å². The molecule has 0 bridgehead atoms. The lowest BCUT2D eigenvalue weighted by Crippen LogP contribution is -2.17. The lowest BCUT2D eigenvalue weighted by Gasteiger charge is -2.14. The first kappa shape index (κ1) is 24.4. The van der Waals surface area contributed by atoms with Gasteiger partial charge in [-0.3, -0.25) is 4.79 Å². The Balaban J connectivity index is 1.72. The third-order valence-electron chi connectivity index (χ3n) is 4.55. The van der Waals surface area contributed by atoms with Crippen molar-refractivity contribution in [1.29, 1.82) is 5.26 Å². The molecule has 0 unspecified atom stereocenters. The Morgan fingerprint density at radius 3 is 2.64 bits per heavy atom. The van der Waals surface area contributed by atoms with Crippen LogP contribution in [0.4, 0.5) is 0 Å². The van der Waals surface area contributed by atoms with Gasteiger partial charge in [-0.05, 0) is 64.6 Å². The molecule has 9 heteroatoms. The summed E-state index contributed by atoms with van der Waals surface area (Å²) in [6.07, 6.45) is 1.45. The lowest BCUT2D eigenvalue weighted by molar-refractivity contribution is 0.0954. The van der Waals surface area contributed by atoms with Gasteiger partial charge in [0.1, 0.15) is 12.4 Å². The van der Waals surface area contributed by atoms with Gasteiger partial charge in [0, 0.05) is 11.1 Å². The van der Waals surface area contributed by atoms with Crippen molar-refractivity contribution in [3.63, 3.8) is 0 Å². The normalized spacial score (nSPS) is 10.5. The van der Waals surface area contributed by atoms with E-state index in [0.29, 0.717) is 39.0 Å². The van der Waals surface area contributed by atoms with E-state index >= 15 is 0 Å². The highest BCUT2D eigenvalue weighted by Crippen LogP contribution is 2.36. The molecule has 168 valence electrons. The average molecular weight is 576 g/mol. The third kappa shape index (κ3) is 6.15. The van der Waals surface area contributed by atoms with Crippen molar-refractivity contribution in [1.82, 2.24) is 5.43 Å². The van der Waals surface area contributed by atoms with Gasteiger partial charge in [0.05, 0.1) is 40.7 Å². The van der Waals surface area contributed by atoms with Crippen LogP contribution in [0.2, 0.25) is 5.02 Å². The SMILES string of the molecule is COc1cc(C(=O)N/N=C\c2cc(Cl)c(OCc3ccccc3C#N)c(OC)c2)ccc1I. The standard InChI is InChI=1S/C24H19ClIN3O4/c1-31-21-11-16(7-8-20(21)26)24(30)29-28-13-15-9-19(25)23(22(10-15)32-2)33-14-18-6-4-3-5-17(18)12-27/h3-11,13H,14H2,1-2H3,(H,29,30)/b28-13-. The Hall–Kier alpha value is -3.29. The monoisotopic (exact) mass is 575 g/mol. The van der Waals surface area contributed by atoms with Gasteiger partial charge in [-0.25, -0.2) is 5.43 Å². The number of nitrogens with zero attached hydrogens (tertiary/aromatic N) is 2. The van der Waals surface area contributed by atoms with E-state index in [1.807, 2.05) is 12.1 Å². The van der Waals surface area contributed by atoms with Crippen molar-refractivity contribution in [3.05, 3.63) is 85.4 Å². The van der Waals surface area contributed by atoms with Crippen LogP contribution >= 0.6 is 34.2 Å². The third-order valence-corrected chi connectivity index (χ3v) is 5.73. The number of hydrogen-bond donors (Lipinski definition) is 1. The smallest absolute Gasteiger partial charge is 0.271 e. The second-order valence-electron chi connectivity index (χ2n) is 6.64. The maximum atomic E-state index is 12.4. The molecular weight excluding hydrogens is 557 g/mol. The number of halogens is 2. The molecule has 0 aliphatic rings. The van der Waals surface area contributed by atoms with Crippen LogP contribution in [-0.4, -0.2) is 26.3 Å². The van der Waals surface area contributed by atoms with Crippen LogP contribution in [0, 0.1) is 14.9 Å². The molecule has 7 nitrogen and oxygen atoms in total. The number of ether oxygens (including phenoxy) is 3. The fourth-order valence-electron chi connectivity index (χ4n) is 2.89. The zero-order chi connectivity index (χ0) is 23.8. The fourth-order valence-corrected chi connectivity index (χ4v) is 3.72. The van der Waals surface area contributed by atoms with Crippen molar-refractivity contribution in [2.24, 2.45) is 5.10 Å². The number of amides is 1. The molecule has 3 aromatic carbocycles. The molecule has 33 heavy (non-hydrogen) atoms. The van der Waals surface area contributed by atoms with Gasteiger partial charge in [-0.1, -0.05) is 29.8 Å². The first-order chi connectivity index (χ1) is 16.0. The van der Waals surface area contributed by atoms with Crippen LogP contribution in [0.1, 0.15) is 27.0 Å². The predicted octanol–water partition coefficient (Wildman–Crippen LogP) is 5.18. The number of carbonyl (C=O) groups is 1. The van der Waals surface area contributed by atoms with Crippen LogP contribution < -0.4 is 19.6 Å². The second kappa shape index (κ2) is 11.5. The number of nitriles is 1. The Labute approximate surface area is 210 Å². The van der Waals surface area contributed by atoms with Crippen LogP contribution in [0.5, 0.6) is 17.2 Å². The molecule has 1 amide bonds. The molecule has 1 N–H and O–H groups in total. The zero-order valence-electron chi connectivity index (χ0n) is 17.8. The summed E-state index contributed by atoms with van der Waals surface area (Å²) in [5, 5.41) is 13.5. The first-order valence-corrected chi connectivity index (χ1v) is 11.1. The average Bonchev–Trinajstić information content (AvgIpc) is 2.83. The lowest BCUT2D eigenvalue weighted by atomic mass is 10.1. The van der Waals surface area contributed by atoms with Crippen molar-refractivity contribution in [2.45, 2.75) is 6.61 Å². The summed E-state index contributed by atoms with van der Waals surface area (Å²) in [5.74, 6) is 0.970. The number of carbonyl (C=O) groups excluding carboxylic acids is 1. The van der Waals surface area contributed by atoms with Crippen LogP contribution in [0.25, 0.3) is 0 Å². The second-order valence-corrected chi connectivity index (χ2v) is 8.21. The Morgan fingerprint density at radius 2 is 1.91 bits per heavy atom. The van der Waals surface area contributed by atoms with Crippen molar-refractivity contribution in [2.75, 3.05) is 14.2 Å². The van der Waals surface area contributed by atoms with Crippen LogP contribution in [0.15, 0.2) is 59.7 Å². The largest absolute Gasteiger partial charge is 0.496 e. The Morgan fingerprint density at radius 1 is 1.15 bits per heavy atom. The summed E-state index contributed by atoms with van der Waals surface area (Å²) in [6, 6.07) is 17.7. The number of hydrazone groups is 1. The quantitative estimate of drug-likeness (QED) is 0.227. The maximum absolute atomic E-state index is 12.4. The molecule has 0 saturated carbocycles. The molecular formula is C24H19ClIN3O4. The Kier molecular flexibility index (Phi) is 8.52. The maximum Gasteiger partial charge on any atom is 0.271 e. The van der Waals surface area contributed by atoms with Crippen LogP contribution in [-0.2, 0) is 6.61 Å². The van der Waals surface area contributed by atoms with Gasteiger partial charge in [0.15, 0.2) is 11.5 Å². The number of hydrogen-bond acceptors (Lipinski definition) is 6. The summed E-state index contributed by atoms with van der Waals surface area (Å²) < 4.78 is 17.4. The van der Waals surface area contributed by atoms with E-state index in [1.54, 1.807) is 49.6 Å². The van der Waals surface area contributed by atoms with Crippen molar-refractivity contribution >= 4 is 46.3 Å². The minimum Gasteiger partial charge on any atom is -0.496 e. The molecule has 0 saturated heterocycles. The summed E-state index contributed by atoms with van der Waals surface area (Å²) >= 11 is 8.53. The number of benzene rings is 3. The van der Waals surface area contributed by atoms with E-state index < -0.39 is 0 Å². The molecule has 0 aromatic heterocycles.